The van der Waals surface area contributed by atoms with Crippen LogP contribution in [0.25, 0.3) is 0 Å². The third-order valence-corrected chi connectivity index (χ3v) is 22.2. The molecule has 616 valence electrons. The topological polar surface area (TPSA) is 412 Å². The molecule has 0 unspecified atom stereocenters. The molecule has 0 aliphatic carbocycles. The highest BCUT2D eigenvalue weighted by Gasteiger charge is 2.61. The number of hydrogen-bond acceptors (Lipinski definition) is 35. The normalized spacial score (nSPS) is 45.0. The van der Waals surface area contributed by atoms with Gasteiger partial charge in [-0.1, -0.05) is 0 Å². The van der Waals surface area contributed by atoms with E-state index in [-0.39, 0.29) is 0 Å². The van der Waals surface area contributed by atoms with Crippen LogP contribution in [0.4, 0.5) is 92.2 Å². The number of aliphatic hydroxyl groups excluding tert-OH is 14. The van der Waals surface area contributed by atoms with Gasteiger partial charge in [0.1, 0.15) is 128 Å². The molecule has 56 heteroatoms. The number of alkyl halides is 21. The van der Waals surface area contributed by atoms with Crippen LogP contribution >= 0.6 is 82.3 Å². The lowest BCUT2D eigenvalue weighted by Crippen LogP contribution is -2.68. The summed E-state index contributed by atoms with van der Waals surface area (Å²) in [5.74, 6) is -11.1. The minimum Gasteiger partial charge on any atom is -0.387 e. The molecule has 0 amide bonds. The fraction of sp³-hybridized carbons (Fsp3) is 1.00. The fourth-order valence-corrected chi connectivity index (χ4v) is 15.9. The van der Waals surface area contributed by atoms with Gasteiger partial charge < -0.3 is 138 Å². The standard InChI is InChI=1S/C49H63F21O28S7/c50-43(51,52)99-1-8-29-15(71)22(78)36(85-8)93-30-9(2-100-44(53,54)55)87-38(24(80)17(30)73)95-32-11(4-102-46(59,60)61)89-40(26(82)19(32)75)97-34-13(6-104-48(65,66)67)91-42(28(84)21(34)77)98-35-14(7-105-49(68,69)70)90-41(27(83)20(35)76)96-33-12(5-103-47(62,63)64)88-39(25(81)18(33)74)94-31-10(3-101-45(56,57)58)86-37(92-29)23(79)16(31)72/h8-42,71-84H,1-7H2/t8-,9-,10-,11-,12-,13-,14-,15-,16-,17-,18-,19-,20-,21-,22-,23-,24-,25-,26-,27-,28-,29-,30-,31-,32-,33-,34-,35-,36-,37-,38-,39-,40-,41-,42-/m1/s1. The Morgan fingerprint density at radius 1 is 0.162 bits per heavy atom. The average Bonchev–Trinajstić information content (AvgIpc) is 0.784. The predicted octanol–water partition coefficient (Wildman–Crippen LogP) is 0.594. The molecule has 0 radical (unpaired) electrons. The van der Waals surface area contributed by atoms with Gasteiger partial charge in [-0.05, 0) is 82.3 Å². The second kappa shape index (κ2) is 35.9. The van der Waals surface area contributed by atoms with Crippen LogP contribution in [-0.2, 0) is 66.3 Å². The Bertz CT molecular complexity index is 2230. The Hall–Kier alpha value is -0.140. The lowest BCUT2D eigenvalue weighted by atomic mass is 9.95. The molecular formula is C49H63F21O28S7. The van der Waals surface area contributed by atoms with Crippen molar-refractivity contribution in [1.29, 1.82) is 0 Å². The van der Waals surface area contributed by atoms with E-state index in [0.717, 1.165) is 0 Å². The van der Waals surface area contributed by atoms with Gasteiger partial charge in [-0.2, -0.15) is 92.2 Å². The van der Waals surface area contributed by atoms with Gasteiger partial charge in [-0.25, -0.2) is 0 Å². The minimum atomic E-state index is -5.33. The van der Waals surface area contributed by atoms with E-state index in [2.05, 4.69) is 0 Å². The number of hydrogen-bond donors (Lipinski definition) is 14. The van der Waals surface area contributed by atoms with Crippen LogP contribution in [0.5, 0.6) is 0 Å². The summed E-state index contributed by atoms with van der Waals surface area (Å²) < 4.78 is 370. The monoisotopic (exact) mass is 1720 g/mol. The van der Waals surface area contributed by atoms with E-state index in [9.17, 15) is 164 Å². The summed E-state index contributed by atoms with van der Waals surface area (Å²) in [6.07, 6.45) is -96.1. The van der Waals surface area contributed by atoms with Gasteiger partial charge in [0.2, 0.25) is 0 Å². The van der Waals surface area contributed by atoms with Crippen LogP contribution in [-0.4, -0.2) is 365 Å². The first-order chi connectivity index (χ1) is 48.2. The van der Waals surface area contributed by atoms with E-state index in [1.54, 1.807) is 0 Å². The molecule has 0 saturated carbocycles. The highest BCUT2D eigenvalue weighted by atomic mass is 32.2. The maximum atomic E-state index is 14.0. The van der Waals surface area contributed by atoms with Gasteiger partial charge in [-0.3, -0.25) is 0 Å². The quantitative estimate of drug-likeness (QED) is 0.106. The molecule has 21 aliphatic heterocycles. The van der Waals surface area contributed by atoms with Gasteiger partial charge in [0, 0.05) is 40.3 Å². The van der Waals surface area contributed by atoms with E-state index in [1.165, 1.54) is 0 Å². The summed E-state index contributed by atoms with van der Waals surface area (Å²) in [7, 11) is 0. The Labute approximate surface area is 603 Å². The van der Waals surface area contributed by atoms with Gasteiger partial charge in [0.05, 0.1) is 42.7 Å². The smallest absolute Gasteiger partial charge is 0.387 e. The molecule has 21 saturated heterocycles. The molecule has 35 atom stereocenters. The summed E-state index contributed by atoms with van der Waals surface area (Å²) in [6.45, 7) is 0. The van der Waals surface area contributed by atoms with E-state index >= 15 is 0 Å². The summed E-state index contributed by atoms with van der Waals surface area (Å²) in [4.78, 5) is 0. The Balaban J connectivity index is 1.22. The number of rotatable bonds is 14. The van der Waals surface area contributed by atoms with Gasteiger partial charge >= 0.3 is 38.6 Å². The zero-order chi connectivity index (χ0) is 78.5. The van der Waals surface area contributed by atoms with Crippen molar-refractivity contribution in [3.8, 4) is 0 Å². The molecule has 21 rings (SSSR count). The SMILES string of the molecule is O[C@@H]1[C@@H](O)[C@H]2O[C@H]3[C@H](O)[C@@H](O)[C@@H](O[C@H]4[C@H](O)[C@@H](O)[C@@H](O[C@H]5[C@H](O)[C@@H](O)[C@@H](O[C@H]6[C@H](O)[C@@H](O)[C@@H](O[C@H]7[C@H](O)[C@@H](O)[C@@H](O[C@H]8[C@H](O)[C@@H](O)[C@@H](O[C@@H]1[C@@H](CSC(F)(F)F)O2)O[C@@H]8CSC(F)(F)F)O[C@@H]7CSC(F)(F)F)O[C@@H]6CSC(F)(F)F)O[C@@H]5CSC(F)(F)F)O[C@@H]4CSC(F)(F)F)O[C@@H]3CSC(F)(F)F. The minimum absolute atomic E-state index is 1.05. The Morgan fingerprint density at radius 2 is 0.257 bits per heavy atom. The second-order valence-electron chi connectivity index (χ2n) is 23.7. The molecule has 21 heterocycles. The first-order valence-corrected chi connectivity index (χ1v) is 36.7. The van der Waals surface area contributed by atoms with Crippen LogP contribution in [0.1, 0.15) is 0 Å². The lowest BCUT2D eigenvalue weighted by molar-refractivity contribution is -0.389. The van der Waals surface area contributed by atoms with Crippen molar-refractivity contribution in [3.63, 3.8) is 0 Å². The molecule has 14 bridgehead atoms. The van der Waals surface area contributed by atoms with Gasteiger partial charge in [0.25, 0.3) is 0 Å². The Morgan fingerprint density at radius 3 is 0.343 bits per heavy atom. The molecule has 14 N–H and O–H groups in total. The largest absolute Gasteiger partial charge is 0.441 e. The van der Waals surface area contributed by atoms with E-state index in [4.69, 9.17) is 66.3 Å². The number of halogens is 21. The van der Waals surface area contributed by atoms with E-state index in [1.807, 2.05) is 0 Å². The lowest BCUT2D eigenvalue weighted by Gasteiger charge is -2.50. The third kappa shape index (κ3) is 24.5. The second-order valence-corrected chi connectivity index (χ2v) is 31.3. The number of thioether (sulfide) groups is 7. The molecular weight excluding hydrogens is 1660 g/mol. The van der Waals surface area contributed by atoms with Crippen molar-refractivity contribution < 1.29 is 230 Å². The summed E-state index contributed by atoms with van der Waals surface area (Å²) in [5, 5.41) is 161. The summed E-state index contributed by atoms with van der Waals surface area (Å²) in [6, 6.07) is 0. The van der Waals surface area contributed by atoms with E-state index in [0.29, 0.717) is 0 Å². The highest BCUT2D eigenvalue weighted by Crippen LogP contribution is 2.47. The fourth-order valence-electron chi connectivity index (χ4n) is 11.6. The van der Waals surface area contributed by atoms with Crippen molar-refractivity contribution in [3.05, 3.63) is 0 Å². The molecule has 105 heavy (non-hydrogen) atoms. The summed E-state index contributed by atoms with van der Waals surface area (Å²) in [5.41, 5.74) is -37.3. The molecule has 21 aliphatic rings. The highest BCUT2D eigenvalue weighted by molar-refractivity contribution is 8.01. The number of aliphatic hydroxyl groups is 14. The Kier molecular flexibility index (Phi) is 30.9. The van der Waals surface area contributed by atoms with Crippen molar-refractivity contribution in [2.75, 3.05) is 40.3 Å². The van der Waals surface area contributed by atoms with Crippen molar-refractivity contribution in [1.82, 2.24) is 0 Å². The number of ether oxygens (including phenoxy) is 14. The third-order valence-electron chi connectivity index (χ3n) is 16.4. The van der Waals surface area contributed by atoms with Crippen LogP contribution in [0, 0.1) is 0 Å². The first-order valence-electron chi connectivity index (χ1n) is 29.8. The molecule has 28 nitrogen and oxygen atoms in total. The van der Waals surface area contributed by atoms with Gasteiger partial charge in [0.15, 0.2) is 44.0 Å². The van der Waals surface area contributed by atoms with Crippen molar-refractivity contribution in [2.24, 2.45) is 0 Å². The van der Waals surface area contributed by atoms with Crippen molar-refractivity contribution >= 4 is 82.3 Å². The van der Waals surface area contributed by atoms with Crippen LogP contribution in [0.15, 0.2) is 0 Å². The maximum absolute atomic E-state index is 14.0. The molecule has 21 fully saturated rings. The van der Waals surface area contributed by atoms with Crippen LogP contribution < -0.4 is 0 Å². The zero-order valence-electron chi connectivity index (χ0n) is 51.4. The first kappa shape index (κ1) is 90.4. The predicted molar refractivity (Wildman–Crippen MR) is 308 cm³/mol. The van der Waals surface area contributed by atoms with Gasteiger partial charge in [-0.15, -0.1) is 0 Å². The maximum Gasteiger partial charge on any atom is 0.441 e. The van der Waals surface area contributed by atoms with Crippen LogP contribution in [0.2, 0.25) is 0 Å². The van der Waals surface area contributed by atoms with Crippen molar-refractivity contribution in [2.45, 2.75) is 253 Å². The average molecular weight is 1720 g/mol. The summed E-state index contributed by atoms with van der Waals surface area (Å²) >= 11 is -7.34. The molecule has 0 aromatic carbocycles. The zero-order valence-corrected chi connectivity index (χ0v) is 57.1. The van der Waals surface area contributed by atoms with E-state index < -0.39 is 376 Å². The molecule has 0 spiro atoms. The molecule has 0 aromatic heterocycles. The molecule has 0 aromatic rings. The van der Waals surface area contributed by atoms with Crippen LogP contribution in [0.3, 0.4) is 0 Å².